The standard InChI is InChI=1S/C18H22O2Si/c1-14-10-11-17(16(12-14)18(19)21(2,3)4)20-13-15-8-6-5-7-9-15/h5-12H,13H2,1-4H3. The zero-order valence-corrected chi connectivity index (χ0v) is 14.1. The SMILES string of the molecule is Cc1ccc(OCc2ccccc2)c(C(=O)[Si](C)(C)C)c1. The van der Waals surface area contributed by atoms with E-state index < -0.39 is 8.07 Å². The topological polar surface area (TPSA) is 26.3 Å². The molecule has 2 aromatic carbocycles. The summed E-state index contributed by atoms with van der Waals surface area (Å²) >= 11 is 0. The summed E-state index contributed by atoms with van der Waals surface area (Å²) in [6.45, 7) is 8.69. The molecule has 0 aliphatic rings. The predicted octanol–water partition coefficient (Wildman–Crippen LogP) is 4.63. The Labute approximate surface area is 127 Å². The fourth-order valence-corrected chi connectivity index (χ4v) is 3.09. The van der Waals surface area contributed by atoms with Gasteiger partial charge in [0, 0.05) is 0 Å². The molecule has 0 unspecified atom stereocenters. The lowest BCUT2D eigenvalue weighted by Gasteiger charge is -2.18. The lowest BCUT2D eigenvalue weighted by atomic mass is 10.1. The summed E-state index contributed by atoms with van der Waals surface area (Å²) in [7, 11) is -1.88. The van der Waals surface area contributed by atoms with Gasteiger partial charge in [0.05, 0.1) is 5.56 Å². The first-order chi connectivity index (χ1) is 9.88. The number of carbonyl (C=O) groups is 1. The van der Waals surface area contributed by atoms with Crippen molar-refractivity contribution in [1.82, 2.24) is 0 Å². The van der Waals surface area contributed by atoms with Gasteiger partial charge in [0.2, 0.25) is 0 Å². The Morgan fingerprint density at radius 3 is 2.33 bits per heavy atom. The summed E-state index contributed by atoms with van der Waals surface area (Å²) in [6, 6.07) is 15.8. The Hall–Kier alpha value is -1.87. The molecule has 0 saturated carbocycles. The van der Waals surface area contributed by atoms with Crippen LogP contribution in [0.25, 0.3) is 0 Å². The molecule has 2 nitrogen and oxygen atoms in total. The first-order valence-corrected chi connectivity index (χ1v) is 10.7. The zero-order valence-electron chi connectivity index (χ0n) is 13.1. The molecule has 0 saturated heterocycles. The van der Waals surface area contributed by atoms with Crippen molar-refractivity contribution in [2.24, 2.45) is 0 Å². The van der Waals surface area contributed by atoms with E-state index in [1.165, 1.54) is 0 Å². The van der Waals surface area contributed by atoms with Gasteiger partial charge in [-0.1, -0.05) is 61.6 Å². The summed E-state index contributed by atoms with van der Waals surface area (Å²) in [5.41, 5.74) is 2.92. The number of ether oxygens (including phenoxy) is 1. The van der Waals surface area contributed by atoms with Gasteiger partial charge in [0.1, 0.15) is 25.8 Å². The van der Waals surface area contributed by atoms with E-state index in [1.807, 2.05) is 55.5 Å². The van der Waals surface area contributed by atoms with E-state index in [1.54, 1.807) is 0 Å². The monoisotopic (exact) mass is 298 g/mol. The van der Waals surface area contributed by atoms with Gasteiger partial charge in [-0.15, -0.1) is 0 Å². The largest absolute Gasteiger partial charge is 0.488 e. The van der Waals surface area contributed by atoms with Crippen molar-refractivity contribution in [3.05, 3.63) is 65.2 Å². The minimum absolute atomic E-state index is 0.245. The maximum absolute atomic E-state index is 12.6. The van der Waals surface area contributed by atoms with Crippen LogP contribution in [0.15, 0.2) is 48.5 Å². The Morgan fingerprint density at radius 2 is 1.71 bits per heavy atom. The normalized spacial score (nSPS) is 11.2. The number of aryl methyl sites for hydroxylation is 1. The third-order valence-corrected chi connectivity index (χ3v) is 4.93. The number of rotatable bonds is 5. The molecule has 2 aromatic rings. The van der Waals surface area contributed by atoms with E-state index in [-0.39, 0.29) is 5.41 Å². The van der Waals surface area contributed by atoms with Crippen LogP contribution in [0, 0.1) is 6.92 Å². The molecule has 3 heteroatoms. The molecule has 0 spiro atoms. The van der Waals surface area contributed by atoms with Crippen molar-refractivity contribution in [3.63, 3.8) is 0 Å². The molecule has 0 fully saturated rings. The van der Waals surface area contributed by atoms with E-state index in [4.69, 9.17) is 4.74 Å². The molecule has 0 aromatic heterocycles. The molecule has 2 rings (SSSR count). The van der Waals surface area contributed by atoms with E-state index in [0.717, 1.165) is 16.7 Å². The molecule has 0 radical (unpaired) electrons. The molecular formula is C18H22O2Si. The van der Waals surface area contributed by atoms with Crippen molar-refractivity contribution in [2.45, 2.75) is 33.2 Å². The average Bonchev–Trinajstić information content (AvgIpc) is 2.45. The first-order valence-electron chi connectivity index (χ1n) is 7.20. The van der Waals surface area contributed by atoms with Gasteiger partial charge in [-0.3, -0.25) is 4.79 Å². The second kappa shape index (κ2) is 6.27. The highest BCUT2D eigenvalue weighted by Gasteiger charge is 2.28. The fourth-order valence-electron chi connectivity index (χ4n) is 2.09. The molecular weight excluding hydrogens is 276 g/mol. The fraction of sp³-hybridized carbons (Fsp3) is 0.278. The van der Waals surface area contributed by atoms with Crippen LogP contribution in [-0.2, 0) is 6.61 Å². The molecule has 0 aliphatic carbocycles. The van der Waals surface area contributed by atoms with Crippen molar-refractivity contribution in [2.75, 3.05) is 0 Å². The first kappa shape index (κ1) is 15.5. The van der Waals surface area contributed by atoms with E-state index in [9.17, 15) is 4.79 Å². The van der Waals surface area contributed by atoms with Gasteiger partial charge < -0.3 is 4.74 Å². The number of hydrogen-bond acceptors (Lipinski definition) is 2. The van der Waals surface area contributed by atoms with Crippen molar-refractivity contribution < 1.29 is 9.53 Å². The molecule has 0 heterocycles. The van der Waals surface area contributed by atoms with Gasteiger partial charge in [-0.2, -0.15) is 0 Å². The minimum Gasteiger partial charge on any atom is -0.488 e. The Morgan fingerprint density at radius 1 is 1.05 bits per heavy atom. The van der Waals surface area contributed by atoms with Crippen LogP contribution in [0.2, 0.25) is 19.6 Å². The van der Waals surface area contributed by atoms with E-state index in [0.29, 0.717) is 12.4 Å². The summed E-state index contributed by atoms with van der Waals surface area (Å²) in [5.74, 6) is 0.692. The third-order valence-electron chi connectivity index (χ3n) is 3.30. The second-order valence-corrected chi connectivity index (χ2v) is 11.3. The van der Waals surface area contributed by atoms with Crippen LogP contribution in [0.5, 0.6) is 5.75 Å². The quantitative estimate of drug-likeness (QED) is 0.752. The summed E-state index contributed by atoms with van der Waals surface area (Å²) in [5, 5.41) is 0.245. The van der Waals surface area contributed by atoms with Crippen molar-refractivity contribution in [1.29, 1.82) is 0 Å². The zero-order chi connectivity index (χ0) is 15.5. The molecule has 0 N–H and O–H groups in total. The summed E-state index contributed by atoms with van der Waals surface area (Å²) in [4.78, 5) is 12.6. The molecule has 0 atom stereocenters. The Kier molecular flexibility index (Phi) is 4.63. The van der Waals surface area contributed by atoms with Gasteiger partial charge in [0.15, 0.2) is 0 Å². The van der Waals surface area contributed by atoms with Gasteiger partial charge in [-0.05, 0) is 24.6 Å². The smallest absolute Gasteiger partial charge is 0.143 e. The van der Waals surface area contributed by atoms with Crippen LogP contribution in [0.3, 0.4) is 0 Å². The molecule has 0 amide bonds. The van der Waals surface area contributed by atoms with Gasteiger partial charge >= 0.3 is 0 Å². The Balaban J connectivity index is 2.25. The van der Waals surface area contributed by atoms with Crippen molar-refractivity contribution >= 4 is 13.5 Å². The van der Waals surface area contributed by atoms with Gasteiger partial charge in [0.25, 0.3) is 0 Å². The third kappa shape index (κ3) is 4.05. The molecule has 110 valence electrons. The predicted molar refractivity (Wildman–Crippen MR) is 89.6 cm³/mol. The number of benzene rings is 2. The minimum atomic E-state index is -1.88. The average molecular weight is 298 g/mol. The maximum atomic E-state index is 12.6. The van der Waals surface area contributed by atoms with E-state index >= 15 is 0 Å². The maximum Gasteiger partial charge on any atom is 0.143 e. The number of carbonyl (C=O) groups excluding carboxylic acids is 1. The lowest BCUT2D eigenvalue weighted by Crippen LogP contribution is -2.33. The van der Waals surface area contributed by atoms with E-state index in [2.05, 4.69) is 19.6 Å². The van der Waals surface area contributed by atoms with Crippen molar-refractivity contribution in [3.8, 4) is 5.75 Å². The van der Waals surface area contributed by atoms with Crippen LogP contribution in [0.1, 0.15) is 21.5 Å². The second-order valence-electron chi connectivity index (χ2n) is 6.35. The van der Waals surface area contributed by atoms with Crippen LogP contribution >= 0.6 is 0 Å². The summed E-state index contributed by atoms with van der Waals surface area (Å²) < 4.78 is 5.90. The number of hydrogen-bond donors (Lipinski definition) is 0. The van der Waals surface area contributed by atoms with Gasteiger partial charge in [-0.25, -0.2) is 0 Å². The highest BCUT2D eigenvalue weighted by Crippen LogP contribution is 2.25. The lowest BCUT2D eigenvalue weighted by molar-refractivity contribution is 0.106. The van der Waals surface area contributed by atoms with Crippen LogP contribution < -0.4 is 4.74 Å². The molecule has 21 heavy (non-hydrogen) atoms. The van der Waals surface area contributed by atoms with Crippen LogP contribution in [0.4, 0.5) is 0 Å². The Bertz CT molecular complexity index is 627. The highest BCUT2D eigenvalue weighted by atomic mass is 28.3. The van der Waals surface area contributed by atoms with Crippen LogP contribution in [-0.4, -0.2) is 13.5 Å². The molecule has 0 bridgehead atoms. The summed E-state index contributed by atoms with van der Waals surface area (Å²) in [6.07, 6.45) is 0. The highest BCUT2D eigenvalue weighted by molar-refractivity contribution is 7.05. The molecule has 0 aliphatic heterocycles.